The Bertz CT molecular complexity index is 283. The smallest absolute Gasteiger partial charge is 0.0604 e. The average molecular weight is 411 g/mol. The number of unbranched alkanes of at least 4 members (excludes halogenated alkanes) is 10. The van der Waals surface area contributed by atoms with Gasteiger partial charge in [0.2, 0.25) is 0 Å². The van der Waals surface area contributed by atoms with E-state index in [1.54, 1.807) is 0 Å². The summed E-state index contributed by atoms with van der Waals surface area (Å²) < 4.78 is 6.98. The van der Waals surface area contributed by atoms with Crippen LogP contribution < -0.4 is 0 Å². The summed E-state index contributed by atoms with van der Waals surface area (Å²) in [6.07, 6.45) is 25.2. The van der Waals surface area contributed by atoms with Crippen molar-refractivity contribution in [2.75, 3.05) is 0 Å². The Hall–Kier alpha value is -0.0400. The van der Waals surface area contributed by atoms with Crippen LogP contribution in [0.25, 0.3) is 0 Å². The van der Waals surface area contributed by atoms with E-state index < -0.39 is 0 Å². The van der Waals surface area contributed by atoms with Gasteiger partial charge in [-0.25, -0.2) is 0 Å². The van der Waals surface area contributed by atoms with Crippen molar-refractivity contribution in [1.82, 2.24) is 0 Å². The van der Waals surface area contributed by atoms with Crippen molar-refractivity contribution in [3.05, 3.63) is 0 Å². The van der Waals surface area contributed by atoms with Crippen LogP contribution in [0.1, 0.15) is 157 Å². The van der Waals surface area contributed by atoms with Crippen molar-refractivity contribution in [2.45, 2.75) is 169 Å². The van der Waals surface area contributed by atoms with Gasteiger partial charge >= 0.3 is 0 Å². The molecule has 0 fully saturated rings. The Morgan fingerprint density at radius 2 is 0.724 bits per heavy atom. The fraction of sp³-hybridized carbons (Fsp3) is 1.00. The van der Waals surface area contributed by atoms with Crippen molar-refractivity contribution >= 4 is 0 Å². The molecule has 0 aliphatic carbocycles. The van der Waals surface area contributed by atoms with E-state index in [4.69, 9.17) is 4.74 Å². The third-order valence-corrected chi connectivity index (χ3v) is 6.83. The standard InChI is InChI=1S/C28H58O/c1-7-11-15-19-21-25(5)27(23-17-13-9-3)29-28(24-18-14-10-4)26(6)22-20-16-12-8-2/h25-28H,7-24H2,1-6H3. The molecular weight excluding hydrogens is 352 g/mol. The minimum absolute atomic E-state index is 0.480. The second kappa shape index (κ2) is 21.2. The first-order valence-electron chi connectivity index (χ1n) is 13.8. The highest BCUT2D eigenvalue weighted by Gasteiger charge is 2.25. The van der Waals surface area contributed by atoms with Crippen LogP contribution in [-0.4, -0.2) is 12.2 Å². The zero-order valence-corrected chi connectivity index (χ0v) is 21.4. The molecule has 4 unspecified atom stereocenters. The second-order valence-corrected chi connectivity index (χ2v) is 9.86. The molecule has 0 rings (SSSR count). The molecule has 0 saturated heterocycles. The molecule has 0 radical (unpaired) electrons. The summed E-state index contributed by atoms with van der Waals surface area (Å²) >= 11 is 0. The molecule has 0 aliphatic rings. The summed E-state index contributed by atoms with van der Waals surface area (Å²) in [5.74, 6) is 1.43. The third-order valence-electron chi connectivity index (χ3n) is 6.83. The van der Waals surface area contributed by atoms with Crippen LogP contribution in [0.4, 0.5) is 0 Å². The highest BCUT2D eigenvalue weighted by molar-refractivity contribution is 4.74. The van der Waals surface area contributed by atoms with Gasteiger partial charge in [0.05, 0.1) is 12.2 Å². The molecular formula is C28H58O. The Kier molecular flexibility index (Phi) is 21.2. The average Bonchev–Trinajstić information content (AvgIpc) is 2.72. The van der Waals surface area contributed by atoms with Crippen LogP contribution in [-0.2, 0) is 4.74 Å². The van der Waals surface area contributed by atoms with E-state index >= 15 is 0 Å². The largest absolute Gasteiger partial charge is 0.374 e. The summed E-state index contributed by atoms with van der Waals surface area (Å²) in [5.41, 5.74) is 0. The number of ether oxygens (including phenoxy) is 1. The Balaban J connectivity index is 4.81. The molecule has 0 aromatic heterocycles. The van der Waals surface area contributed by atoms with Crippen molar-refractivity contribution in [1.29, 1.82) is 0 Å². The highest BCUT2D eigenvalue weighted by atomic mass is 16.5. The van der Waals surface area contributed by atoms with Gasteiger partial charge in [-0.05, 0) is 37.5 Å². The van der Waals surface area contributed by atoms with Crippen LogP contribution >= 0.6 is 0 Å². The maximum atomic E-state index is 6.98. The second-order valence-electron chi connectivity index (χ2n) is 9.86. The van der Waals surface area contributed by atoms with E-state index in [-0.39, 0.29) is 0 Å². The van der Waals surface area contributed by atoms with Gasteiger partial charge in [-0.15, -0.1) is 0 Å². The van der Waals surface area contributed by atoms with Gasteiger partial charge in [0, 0.05) is 0 Å². The molecule has 0 aromatic carbocycles. The molecule has 4 atom stereocenters. The summed E-state index contributed by atoms with van der Waals surface area (Å²) in [7, 11) is 0. The van der Waals surface area contributed by atoms with E-state index in [1.807, 2.05) is 0 Å². The molecule has 0 aliphatic heterocycles. The van der Waals surface area contributed by atoms with Crippen LogP contribution in [0.2, 0.25) is 0 Å². The van der Waals surface area contributed by atoms with Crippen LogP contribution in [0.3, 0.4) is 0 Å². The lowest BCUT2D eigenvalue weighted by Crippen LogP contribution is -2.32. The minimum Gasteiger partial charge on any atom is -0.374 e. The monoisotopic (exact) mass is 410 g/mol. The Morgan fingerprint density at radius 1 is 0.414 bits per heavy atom. The van der Waals surface area contributed by atoms with Crippen LogP contribution in [0.5, 0.6) is 0 Å². The maximum absolute atomic E-state index is 6.98. The first kappa shape index (κ1) is 29.0. The molecule has 0 heterocycles. The van der Waals surface area contributed by atoms with Crippen molar-refractivity contribution in [2.24, 2.45) is 11.8 Å². The molecule has 0 saturated carbocycles. The highest BCUT2D eigenvalue weighted by Crippen LogP contribution is 2.28. The lowest BCUT2D eigenvalue weighted by Gasteiger charge is -2.33. The van der Waals surface area contributed by atoms with Gasteiger partial charge in [0.25, 0.3) is 0 Å². The molecule has 0 N–H and O–H groups in total. The first-order chi connectivity index (χ1) is 14.1. The summed E-state index contributed by atoms with van der Waals surface area (Å²) in [4.78, 5) is 0. The predicted octanol–water partition coefficient (Wildman–Crippen LogP) is 10.1. The lowest BCUT2D eigenvalue weighted by molar-refractivity contribution is -0.0744. The normalized spacial score (nSPS) is 15.9. The van der Waals surface area contributed by atoms with Gasteiger partial charge in [0.1, 0.15) is 0 Å². The molecule has 29 heavy (non-hydrogen) atoms. The van der Waals surface area contributed by atoms with Gasteiger partial charge in [-0.2, -0.15) is 0 Å². The van der Waals surface area contributed by atoms with Crippen molar-refractivity contribution in [3.63, 3.8) is 0 Å². The van der Waals surface area contributed by atoms with E-state index in [9.17, 15) is 0 Å². The summed E-state index contributed by atoms with van der Waals surface area (Å²) in [6, 6.07) is 0. The Labute approximate surface area is 186 Å². The molecule has 0 bridgehead atoms. The molecule has 0 spiro atoms. The van der Waals surface area contributed by atoms with E-state index in [0.717, 1.165) is 0 Å². The topological polar surface area (TPSA) is 9.23 Å². The lowest BCUT2D eigenvalue weighted by atomic mass is 9.90. The number of hydrogen-bond acceptors (Lipinski definition) is 1. The maximum Gasteiger partial charge on any atom is 0.0604 e. The third kappa shape index (κ3) is 16.3. The minimum atomic E-state index is 0.480. The Morgan fingerprint density at radius 3 is 1.07 bits per heavy atom. The van der Waals surface area contributed by atoms with Gasteiger partial charge in [-0.1, -0.05) is 131 Å². The fourth-order valence-corrected chi connectivity index (χ4v) is 4.55. The number of rotatable bonds is 22. The van der Waals surface area contributed by atoms with Crippen molar-refractivity contribution < 1.29 is 4.74 Å². The predicted molar refractivity (Wildman–Crippen MR) is 133 cm³/mol. The number of hydrogen-bond donors (Lipinski definition) is 0. The summed E-state index contributed by atoms with van der Waals surface area (Å²) in [6.45, 7) is 14.2. The van der Waals surface area contributed by atoms with Crippen LogP contribution in [0, 0.1) is 11.8 Å². The zero-order chi connectivity index (χ0) is 21.7. The molecule has 1 heteroatoms. The van der Waals surface area contributed by atoms with E-state index in [0.29, 0.717) is 24.0 Å². The van der Waals surface area contributed by atoms with Crippen LogP contribution in [0.15, 0.2) is 0 Å². The van der Waals surface area contributed by atoms with Gasteiger partial charge in [-0.3, -0.25) is 0 Å². The molecule has 0 aromatic rings. The SMILES string of the molecule is CCCCCCC(C)C(CCCCC)OC(CCCCC)C(C)CCCCCC. The van der Waals surface area contributed by atoms with Crippen molar-refractivity contribution in [3.8, 4) is 0 Å². The molecule has 0 amide bonds. The fourth-order valence-electron chi connectivity index (χ4n) is 4.55. The molecule has 1 nitrogen and oxygen atoms in total. The molecule has 176 valence electrons. The quantitative estimate of drug-likeness (QED) is 0.161. The van der Waals surface area contributed by atoms with Gasteiger partial charge in [0.15, 0.2) is 0 Å². The zero-order valence-electron chi connectivity index (χ0n) is 21.4. The summed E-state index contributed by atoms with van der Waals surface area (Å²) in [5, 5.41) is 0. The first-order valence-corrected chi connectivity index (χ1v) is 13.8. The van der Waals surface area contributed by atoms with E-state index in [2.05, 4.69) is 41.5 Å². The van der Waals surface area contributed by atoms with E-state index in [1.165, 1.54) is 116 Å². The van der Waals surface area contributed by atoms with Gasteiger partial charge < -0.3 is 4.74 Å².